The van der Waals surface area contributed by atoms with E-state index in [4.69, 9.17) is 9.47 Å². The van der Waals surface area contributed by atoms with E-state index in [1.165, 1.54) is 5.57 Å². The fourth-order valence-electron chi connectivity index (χ4n) is 12.0. The van der Waals surface area contributed by atoms with Crippen LogP contribution in [0.2, 0.25) is 0 Å². The molecule has 15 atom stereocenters. The van der Waals surface area contributed by atoms with Crippen LogP contribution >= 0.6 is 0 Å². The Hall–Kier alpha value is -0.580. The van der Waals surface area contributed by atoms with Gasteiger partial charge in [0.1, 0.15) is 24.4 Å². The Morgan fingerprint density at radius 2 is 1.57 bits per heavy atom. The van der Waals surface area contributed by atoms with Crippen molar-refractivity contribution in [3.05, 3.63) is 11.6 Å². The van der Waals surface area contributed by atoms with Crippen LogP contribution in [0, 0.1) is 45.3 Å². The summed E-state index contributed by atoms with van der Waals surface area (Å²) in [5.41, 5.74) is 0.0542. The summed E-state index contributed by atoms with van der Waals surface area (Å²) in [6, 6.07) is 0. The molecule has 0 radical (unpaired) electrons. The molecule has 5 rings (SSSR count). The molecule has 1 saturated heterocycles. The van der Waals surface area contributed by atoms with Crippen LogP contribution in [0.15, 0.2) is 11.6 Å². The molecule has 44 heavy (non-hydrogen) atoms. The standard InChI is InChI=1S/C36H62O8/c1-20(2)10-9-14-36(8,42)21-11-16-34(6)22(21)18-23(38)30-33(5)15-13-26(32(3,4)25(33)12-17-35(30,34)7)44-31-29(41)28(40)27(39)24(19-37)43-31/h10,21-31,37-42H,9,11-19H2,1-8H3/t21-,22?,23+,24+,25?,26-,27+,28-,29+,30?,31-,33-,34+,35+,36?/m0/s1. The summed E-state index contributed by atoms with van der Waals surface area (Å²) in [4.78, 5) is 0. The van der Waals surface area contributed by atoms with Gasteiger partial charge in [-0.2, -0.15) is 0 Å². The fraction of sp³-hybridized carbons (Fsp3) is 0.944. The molecular weight excluding hydrogens is 560 g/mol. The molecule has 4 unspecified atom stereocenters. The second-order valence-electron chi connectivity index (χ2n) is 17.3. The molecule has 1 aliphatic heterocycles. The molecule has 0 bridgehead atoms. The van der Waals surface area contributed by atoms with E-state index in [2.05, 4.69) is 54.5 Å². The largest absolute Gasteiger partial charge is 0.394 e. The highest BCUT2D eigenvalue weighted by atomic mass is 16.7. The van der Waals surface area contributed by atoms with E-state index >= 15 is 0 Å². The summed E-state index contributed by atoms with van der Waals surface area (Å²) >= 11 is 0. The third kappa shape index (κ3) is 5.26. The van der Waals surface area contributed by atoms with Gasteiger partial charge in [-0.25, -0.2) is 0 Å². The molecule has 5 fully saturated rings. The first-order valence-corrected chi connectivity index (χ1v) is 17.3. The summed E-state index contributed by atoms with van der Waals surface area (Å²) < 4.78 is 12.2. The molecule has 0 spiro atoms. The monoisotopic (exact) mass is 622 g/mol. The van der Waals surface area contributed by atoms with Crippen LogP contribution in [-0.2, 0) is 9.47 Å². The van der Waals surface area contributed by atoms with Crippen LogP contribution in [-0.4, -0.2) is 85.8 Å². The van der Waals surface area contributed by atoms with Crippen LogP contribution in [0.3, 0.4) is 0 Å². The topological polar surface area (TPSA) is 140 Å². The summed E-state index contributed by atoms with van der Waals surface area (Å²) in [6.07, 6.45) is 3.09. The highest BCUT2D eigenvalue weighted by molar-refractivity contribution is 5.20. The lowest BCUT2D eigenvalue weighted by molar-refractivity contribution is -0.333. The van der Waals surface area contributed by atoms with Gasteiger partial charge >= 0.3 is 0 Å². The smallest absolute Gasteiger partial charge is 0.186 e. The molecule has 0 aromatic rings. The first-order chi connectivity index (χ1) is 20.3. The Balaban J connectivity index is 1.38. The van der Waals surface area contributed by atoms with Gasteiger partial charge in [0.2, 0.25) is 0 Å². The Kier molecular flexibility index (Phi) is 9.35. The molecule has 6 N–H and O–H groups in total. The van der Waals surface area contributed by atoms with Crippen molar-refractivity contribution in [2.45, 2.75) is 162 Å². The van der Waals surface area contributed by atoms with Crippen LogP contribution in [0.4, 0.5) is 0 Å². The molecule has 1 heterocycles. The number of fused-ring (bicyclic) bond motifs is 5. The predicted molar refractivity (Wildman–Crippen MR) is 168 cm³/mol. The molecule has 5 aliphatic rings. The number of aliphatic hydroxyl groups excluding tert-OH is 5. The maximum Gasteiger partial charge on any atom is 0.186 e. The lowest BCUT2D eigenvalue weighted by Gasteiger charge is -2.71. The van der Waals surface area contributed by atoms with Crippen molar-refractivity contribution in [1.82, 2.24) is 0 Å². The van der Waals surface area contributed by atoms with Gasteiger partial charge in [-0.3, -0.25) is 0 Å². The molecule has 254 valence electrons. The average molecular weight is 623 g/mol. The van der Waals surface area contributed by atoms with Crippen LogP contribution in [0.5, 0.6) is 0 Å². The van der Waals surface area contributed by atoms with Crippen molar-refractivity contribution in [3.8, 4) is 0 Å². The van der Waals surface area contributed by atoms with Gasteiger partial charge in [-0.15, -0.1) is 0 Å². The molecule has 4 aliphatic carbocycles. The lowest BCUT2D eigenvalue weighted by atomic mass is 9.35. The van der Waals surface area contributed by atoms with E-state index in [0.717, 1.165) is 57.8 Å². The van der Waals surface area contributed by atoms with Gasteiger partial charge in [-0.1, -0.05) is 46.3 Å². The quantitative estimate of drug-likeness (QED) is 0.182. The maximum atomic E-state index is 12.2. The highest BCUT2D eigenvalue weighted by Gasteiger charge is 2.71. The van der Waals surface area contributed by atoms with Gasteiger partial charge in [0.15, 0.2) is 6.29 Å². The number of hydrogen-bond acceptors (Lipinski definition) is 8. The molecular formula is C36H62O8. The number of allylic oxidation sites excluding steroid dienone is 2. The van der Waals surface area contributed by atoms with Crippen LogP contribution in [0.1, 0.15) is 113 Å². The molecule has 0 amide bonds. The van der Waals surface area contributed by atoms with Gasteiger partial charge in [0.25, 0.3) is 0 Å². The van der Waals surface area contributed by atoms with Gasteiger partial charge < -0.3 is 40.1 Å². The number of ether oxygens (including phenoxy) is 2. The number of hydrogen-bond donors (Lipinski definition) is 6. The zero-order chi connectivity index (χ0) is 32.6. The van der Waals surface area contributed by atoms with Crippen molar-refractivity contribution in [3.63, 3.8) is 0 Å². The zero-order valence-electron chi connectivity index (χ0n) is 28.5. The Morgan fingerprint density at radius 1 is 0.909 bits per heavy atom. The van der Waals surface area contributed by atoms with E-state index in [-0.39, 0.29) is 51.4 Å². The Bertz CT molecular complexity index is 1070. The van der Waals surface area contributed by atoms with Crippen LogP contribution < -0.4 is 0 Å². The minimum Gasteiger partial charge on any atom is -0.394 e. The Morgan fingerprint density at radius 3 is 2.20 bits per heavy atom. The first kappa shape index (κ1) is 34.7. The van der Waals surface area contributed by atoms with Gasteiger partial charge in [0, 0.05) is 0 Å². The molecule has 8 heteroatoms. The van der Waals surface area contributed by atoms with Gasteiger partial charge in [0.05, 0.1) is 24.4 Å². The SMILES string of the molecule is CC(C)=CCCC(C)(O)[C@H]1CC[C@]2(C)C1C[C@@H](O)C1[C@@]3(C)CC[C@H](O[C@@H]4O[C@H](CO)[C@@H](O)[C@H](O)[C@H]4O)C(C)(C)C3CC[C@]12C. The minimum atomic E-state index is -1.47. The highest BCUT2D eigenvalue weighted by Crippen LogP contribution is 2.76. The fourth-order valence-corrected chi connectivity index (χ4v) is 12.0. The minimum absolute atomic E-state index is 0.0316. The molecule has 4 saturated carbocycles. The molecule has 0 aromatic heterocycles. The van der Waals surface area contributed by atoms with Crippen molar-refractivity contribution in [1.29, 1.82) is 0 Å². The van der Waals surface area contributed by atoms with Crippen LogP contribution in [0.25, 0.3) is 0 Å². The van der Waals surface area contributed by atoms with E-state index < -0.39 is 49.0 Å². The zero-order valence-corrected chi connectivity index (χ0v) is 28.5. The van der Waals surface area contributed by atoms with E-state index in [1.54, 1.807) is 0 Å². The summed E-state index contributed by atoms with van der Waals surface area (Å²) in [5.74, 6) is 0.836. The van der Waals surface area contributed by atoms with Crippen molar-refractivity contribution < 1.29 is 40.1 Å². The maximum absolute atomic E-state index is 12.2. The van der Waals surface area contributed by atoms with Crippen molar-refractivity contribution in [2.24, 2.45) is 45.3 Å². The molecule has 0 aromatic carbocycles. The predicted octanol–water partition coefficient (Wildman–Crippen LogP) is 4.32. The van der Waals surface area contributed by atoms with E-state index in [1.807, 2.05) is 6.92 Å². The van der Waals surface area contributed by atoms with E-state index in [0.29, 0.717) is 0 Å². The number of rotatable bonds is 7. The third-order valence-electron chi connectivity index (χ3n) is 14.4. The number of aliphatic hydroxyl groups is 6. The second-order valence-corrected chi connectivity index (χ2v) is 17.3. The van der Waals surface area contributed by atoms with E-state index in [9.17, 15) is 30.6 Å². The first-order valence-electron chi connectivity index (χ1n) is 17.3. The normalized spacial score (nSPS) is 51.5. The second kappa shape index (κ2) is 11.8. The van der Waals surface area contributed by atoms with Crippen molar-refractivity contribution in [2.75, 3.05) is 6.61 Å². The lowest BCUT2D eigenvalue weighted by Crippen LogP contribution is -2.68. The molecule has 8 nitrogen and oxygen atoms in total. The summed E-state index contributed by atoms with van der Waals surface area (Å²) in [6.45, 7) is 17.5. The Labute approximate surface area is 265 Å². The van der Waals surface area contributed by atoms with Crippen molar-refractivity contribution >= 4 is 0 Å². The van der Waals surface area contributed by atoms with Gasteiger partial charge in [-0.05, 0) is 124 Å². The summed E-state index contributed by atoms with van der Waals surface area (Å²) in [7, 11) is 0. The summed E-state index contributed by atoms with van der Waals surface area (Å²) in [5, 5.41) is 64.9. The third-order valence-corrected chi connectivity index (χ3v) is 14.4. The average Bonchev–Trinajstić information content (AvgIpc) is 3.28.